The molecule has 4 nitrogen and oxygen atoms in total. The molecule has 0 bridgehead atoms. The zero-order chi connectivity index (χ0) is 15.6. The summed E-state index contributed by atoms with van der Waals surface area (Å²) in [7, 11) is 1.88. The molecule has 0 aliphatic carbocycles. The lowest BCUT2D eigenvalue weighted by molar-refractivity contribution is 0.421. The highest BCUT2D eigenvalue weighted by atomic mass is 32.2. The molecule has 1 N–H and O–H groups in total. The number of rotatable bonds is 4. The van der Waals surface area contributed by atoms with Crippen LogP contribution in [0.2, 0.25) is 0 Å². The summed E-state index contributed by atoms with van der Waals surface area (Å²) < 4.78 is 16.0. The number of halogens is 1. The summed E-state index contributed by atoms with van der Waals surface area (Å²) in [6.45, 7) is 8.75. The summed E-state index contributed by atoms with van der Waals surface area (Å²) in [5, 5.41) is 12.2. The number of aromatic nitrogens is 3. The van der Waals surface area contributed by atoms with Crippen LogP contribution in [0, 0.1) is 12.7 Å². The molecule has 6 heteroatoms. The smallest absolute Gasteiger partial charge is 0.195 e. The zero-order valence-electron chi connectivity index (χ0n) is 13.1. The summed E-state index contributed by atoms with van der Waals surface area (Å²) in [6.07, 6.45) is 0. The maximum Gasteiger partial charge on any atom is 0.195 e. The van der Waals surface area contributed by atoms with E-state index < -0.39 is 0 Å². The SMILES string of the molecule is Cc1nnc(Sc2c(F)cccc2CNC(C)(C)C)n1C. The minimum atomic E-state index is -0.228. The molecule has 114 valence electrons. The van der Waals surface area contributed by atoms with Crippen molar-refractivity contribution in [3.05, 3.63) is 35.4 Å². The average molecular weight is 308 g/mol. The van der Waals surface area contributed by atoms with E-state index in [0.29, 0.717) is 16.6 Å². The molecule has 2 rings (SSSR count). The molecule has 0 spiro atoms. The quantitative estimate of drug-likeness (QED) is 0.941. The Morgan fingerprint density at radius 1 is 1.29 bits per heavy atom. The van der Waals surface area contributed by atoms with E-state index >= 15 is 0 Å². The monoisotopic (exact) mass is 308 g/mol. The van der Waals surface area contributed by atoms with E-state index in [4.69, 9.17) is 0 Å². The molecule has 0 fully saturated rings. The number of nitrogens with zero attached hydrogens (tertiary/aromatic N) is 3. The molecule has 2 aromatic rings. The van der Waals surface area contributed by atoms with Crippen molar-refractivity contribution in [3.8, 4) is 0 Å². The molecule has 0 atom stereocenters. The Bertz CT molecular complexity index is 631. The van der Waals surface area contributed by atoms with E-state index in [-0.39, 0.29) is 11.4 Å². The number of benzene rings is 1. The molecule has 1 aromatic heterocycles. The predicted octanol–water partition coefficient (Wildman–Crippen LogP) is 3.30. The van der Waals surface area contributed by atoms with Gasteiger partial charge in [-0.05, 0) is 51.1 Å². The van der Waals surface area contributed by atoms with Gasteiger partial charge in [-0.15, -0.1) is 10.2 Å². The van der Waals surface area contributed by atoms with Crippen molar-refractivity contribution < 1.29 is 4.39 Å². The van der Waals surface area contributed by atoms with Gasteiger partial charge in [0.2, 0.25) is 0 Å². The summed E-state index contributed by atoms with van der Waals surface area (Å²) in [6, 6.07) is 5.15. The molecular weight excluding hydrogens is 287 g/mol. The Hall–Kier alpha value is -1.40. The van der Waals surface area contributed by atoms with Crippen LogP contribution in [-0.4, -0.2) is 20.3 Å². The third-order valence-corrected chi connectivity index (χ3v) is 4.30. The minimum Gasteiger partial charge on any atom is -0.309 e. The van der Waals surface area contributed by atoms with Gasteiger partial charge in [0.25, 0.3) is 0 Å². The average Bonchev–Trinajstić information content (AvgIpc) is 2.70. The highest BCUT2D eigenvalue weighted by molar-refractivity contribution is 7.99. The third kappa shape index (κ3) is 4.04. The zero-order valence-corrected chi connectivity index (χ0v) is 13.9. The molecule has 0 aliphatic rings. The maximum absolute atomic E-state index is 14.2. The second kappa shape index (κ2) is 6.15. The minimum absolute atomic E-state index is 0.0182. The van der Waals surface area contributed by atoms with Crippen LogP contribution < -0.4 is 5.32 Å². The van der Waals surface area contributed by atoms with Crippen molar-refractivity contribution >= 4 is 11.8 Å². The Balaban J connectivity index is 2.27. The molecule has 0 saturated carbocycles. The fraction of sp³-hybridized carbons (Fsp3) is 0.467. The highest BCUT2D eigenvalue weighted by Gasteiger charge is 2.16. The summed E-state index contributed by atoms with van der Waals surface area (Å²) in [4.78, 5) is 0.602. The molecule has 0 saturated heterocycles. The van der Waals surface area contributed by atoms with Crippen molar-refractivity contribution in [1.29, 1.82) is 0 Å². The first-order valence-electron chi connectivity index (χ1n) is 6.84. The molecule has 0 radical (unpaired) electrons. The summed E-state index contributed by atoms with van der Waals surface area (Å²) in [5.41, 5.74) is 0.908. The van der Waals surface area contributed by atoms with Gasteiger partial charge in [-0.2, -0.15) is 0 Å². The van der Waals surface area contributed by atoms with Crippen LogP contribution in [0.5, 0.6) is 0 Å². The standard InChI is InChI=1S/C15H21FN4S/c1-10-18-19-14(20(10)5)21-13-11(7-6-8-12(13)16)9-17-15(2,3)4/h6-8,17H,9H2,1-5H3. The molecule has 21 heavy (non-hydrogen) atoms. The lowest BCUT2D eigenvalue weighted by Crippen LogP contribution is -2.35. The molecule has 0 unspecified atom stereocenters. The van der Waals surface area contributed by atoms with E-state index in [1.165, 1.54) is 17.8 Å². The van der Waals surface area contributed by atoms with Crippen LogP contribution >= 0.6 is 11.8 Å². The Morgan fingerprint density at radius 3 is 2.57 bits per heavy atom. The number of hydrogen-bond donors (Lipinski definition) is 1. The van der Waals surface area contributed by atoms with E-state index in [1.54, 1.807) is 6.07 Å². The summed E-state index contributed by atoms with van der Waals surface area (Å²) in [5.74, 6) is 0.581. The van der Waals surface area contributed by atoms with Crippen LogP contribution in [0.15, 0.2) is 28.3 Å². The van der Waals surface area contributed by atoms with Crippen LogP contribution in [0.25, 0.3) is 0 Å². The predicted molar refractivity (Wildman–Crippen MR) is 82.9 cm³/mol. The second-order valence-corrected chi connectivity index (χ2v) is 7.00. The Labute approximate surface area is 129 Å². The van der Waals surface area contributed by atoms with Crippen LogP contribution in [0.4, 0.5) is 4.39 Å². The second-order valence-electron chi connectivity index (χ2n) is 6.02. The van der Waals surface area contributed by atoms with E-state index in [1.807, 2.05) is 24.6 Å². The van der Waals surface area contributed by atoms with Gasteiger partial charge >= 0.3 is 0 Å². The number of nitrogens with one attached hydrogen (secondary N) is 1. The van der Waals surface area contributed by atoms with Gasteiger partial charge in [-0.1, -0.05) is 12.1 Å². The lowest BCUT2D eigenvalue weighted by atomic mass is 10.1. The normalized spacial score (nSPS) is 11.9. The van der Waals surface area contributed by atoms with Crippen molar-refractivity contribution in [2.24, 2.45) is 7.05 Å². The van der Waals surface area contributed by atoms with Gasteiger partial charge in [0, 0.05) is 19.1 Å². The van der Waals surface area contributed by atoms with Crippen LogP contribution in [-0.2, 0) is 13.6 Å². The topological polar surface area (TPSA) is 42.7 Å². The Morgan fingerprint density at radius 2 is 2.00 bits per heavy atom. The fourth-order valence-electron chi connectivity index (χ4n) is 1.74. The van der Waals surface area contributed by atoms with Gasteiger partial charge in [-0.3, -0.25) is 0 Å². The molecule has 0 aliphatic heterocycles. The molecule has 1 heterocycles. The number of hydrogen-bond acceptors (Lipinski definition) is 4. The van der Waals surface area contributed by atoms with Crippen molar-refractivity contribution in [1.82, 2.24) is 20.1 Å². The van der Waals surface area contributed by atoms with Crippen molar-refractivity contribution in [2.75, 3.05) is 0 Å². The van der Waals surface area contributed by atoms with Crippen molar-refractivity contribution in [2.45, 2.75) is 49.8 Å². The third-order valence-electron chi connectivity index (χ3n) is 3.10. The molecular formula is C15H21FN4S. The van der Waals surface area contributed by atoms with Gasteiger partial charge in [0.05, 0.1) is 4.90 Å². The fourth-order valence-corrected chi connectivity index (χ4v) is 2.71. The highest BCUT2D eigenvalue weighted by Crippen LogP contribution is 2.31. The summed E-state index contributed by atoms with van der Waals surface area (Å²) >= 11 is 1.31. The molecule has 0 amide bonds. The van der Waals surface area contributed by atoms with Gasteiger partial charge < -0.3 is 9.88 Å². The largest absolute Gasteiger partial charge is 0.309 e. The first-order valence-corrected chi connectivity index (χ1v) is 7.66. The van der Waals surface area contributed by atoms with Crippen LogP contribution in [0.1, 0.15) is 32.2 Å². The van der Waals surface area contributed by atoms with Gasteiger partial charge in [0.1, 0.15) is 11.6 Å². The van der Waals surface area contributed by atoms with Crippen LogP contribution in [0.3, 0.4) is 0 Å². The number of aryl methyl sites for hydroxylation is 1. The maximum atomic E-state index is 14.2. The lowest BCUT2D eigenvalue weighted by Gasteiger charge is -2.21. The molecule has 1 aromatic carbocycles. The van der Waals surface area contributed by atoms with Crippen molar-refractivity contribution in [3.63, 3.8) is 0 Å². The van der Waals surface area contributed by atoms with E-state index in [2.05, 4.69) is 36.3 Å². The van der Waals surface area contributed by atoms with Gasteiger partial charge in [0.15, 0.2) is 5.16 Å². The first kappa shape index (κ1) is 16.0. The first-order chi connectivity index (χ1) is 9.78. The Kier molecular flexibility index (Phi) is 4.68. The van der Waals surface area contributed by atoms with E-state index in [9.17, 15) is 4.39 Å². The van der Waals surface area contributed by atoms with E-state index in [0.717, 1.165) is 11.4 Å². The van der Waals surface area contributed by atoms with Gasteiger partial charge in [-0.25, -0.2) is 4.39 Å².